The molecule has 0 aliphatic heterocycles. The standard InChI is InChI=1S/C40H75NO2.H2O4S/c1-5-7-9-11-13-15-17-19-21-23-25-27-29-31-33-35-39(42)38(37-41(3)4)40(43)36-34-32-30-28-26-24-22-20-18-16-14-12-10-8-6-2;1-5(2,3)4/h19-22,38H,5-18,23-37H2,1-4H3;(H2,1,2,3,4)/b21-19-,22-20-;. The first-order valence-electron chi connectivity index (χ1n) is 19.7. The smallest absolute Gasteiger partial charge is 0.308 e. The van der Waals surface area contributed by atoms with Gasteiger partial charge in [-0.25, -0.2) is 0 Å². The first-order chi connectivity index (χ1) is 23.0. The van der Waals surface area contributed by atoms with Crippen LogP contribution in [0.25, 0.3) is 0 Å². The van der Waals surface area contributed by atoms with Crippen LogP contribution in [0.1, 0.15) is 194 Å². The van der Waals surface area contributed by atoms with Crippen molar-refractivity contribution in [3.63, 3.8) is 0 Å². The van der Waals surface area contributed by atoms with Crippen LogP contribution in [0, 0.1) is 5.92 Å². The van der Waals surface area contributed by atoms with E-state index in [0.29, 0.717) is 19.4 Å². The monoisotopic (exact) mass is 700 g/mol. The Kier molecular flexibility index (Phi) is 37.5. The number of hydrogen-bond acceptors (Lipinski definition) is 5. The normalized spacial score (nSPS) is 12.0. The van der Waals surface area contributed by atoms with Gasteiger partial charge in [0, 0.05) is 19.4 Å². The number of nitrogens with zero attached hydrogens (tertiary/aromatic N) is 1. The molecule has 0 aliphatic rings. The fraction of sp³-hybridized carbons (Fsp3) is 0.850. The molecule has 0 aromatic carbocycles. The van der Waals surface area contributed by atoms with Gasteiger partial charge in [0.1, 0.15) is 11.6 Å². The number of ketones is 2. The molecule has 0 aliphatic carbocycles. The Morgan fingerprint density at radius 2 is 0.750 bits per heavy atom. The summed E-state index contributed by atoms with van der Waals surface area (Å²) in [6.07, 6.45) is 43.3. The van der Waals surface area contributed by atoms with Gasteiger partial charge in [0.25, 0.3) is 0 Å². The Morgan fingerprint density at radius 1 is 0.500 bits per heavy atom. The second-order valence-corrected chi connectivity index (χ2v) is 14.8. The lowest BCUT2D eigenvalue weighted by molar-refractivity contribution is -0.133. The molecule has 2 N–H and O–H groups in total. The van der Waals surface area contributed by atoms with E-state index >= 15 is 0 Å². The molecule has 0 spiro atoms. The van der Waals surface area contributed by atoms with Gasteiger partial charge in [0.2, 0.25) is 0 Å². The van der Waals surface area contributed by atoms with Gasteiger partial charge in [0.15, 0.2) is 0 Å². The average Bonchev–Trinajstić information content (AvgIpc) is 3.02. The summed E-state index contributed by atoms with van der Waals surface area (Å²) in [5, 5.41) is 0. The first-order valence-corrected chi connectivity index (χ1v) is 21.1. The number of hydrogen-bond donors (Lipinski definition) is 2. The third kappa shape index (κ3) is 42.7. The van der Waals surface area contributed by atoms with E-state index in [-0.39, 0.29) is 11.6 Å². The Balaban J connectivity index is 0. The minimum Gasteiger partial charge on any atom is -0.308 e. The average molecular weight is 700 g/mol. The molecular formula is C40H77NO6S. The SMILES string of the molecule is CCCCCCCC/C=C\CCCCCCCC(=O)C(CN(C)C)C(=O)CCCCCCC/C=C\CCCCCCCC.O=S(=O)(O)O. The fourth-order valence-corrected chi connectivity index (χ4v) is 5.84. The molecular weight excluding hydrogens is 623 g/mol. The zero-order valence-corrected chi connectivity index (χ0v) is 32.6. The van der Waals surface area contributed by atoms with E-state index in [2.05, 4.69) is 38.2 Å². The molecule has 7 nitrogen and oxygen atoms in total. The minimum absolute atomic E-state index is 0.170. The van der Waals surface area contributed by atoms with E-state index in [1.807, 2.05) is 19.0 Å². The largest absolute Gasteiger partial charge is 0.394 e. The molecule has 0 radical (unpaired) electrons. The number of allylic oxidation sites excluding steroid dienone is 4. The van der Waals surface area contributed by atoms with Crippen molar-refractivity contribution in [3.8, 4) is 0 Å². The van der Waals surface area contributed by atoms with Crippen LogP contribution in [0.15, 0.2) is 24.3 Å². The van der Waals surface area contributed by atoms with Crippen molar-refractivity contribution >= 4 is 22.0 Å². The van der Waals surface area contributed by atoms with Crippen molar-refractivity contribution < 1.29 is 27.1 Å². The molecule has 0 bridgehead atoms. The van der Waals surface area contributed by atoms with Gasteiger partial charge in [-0.3, -0.25) is 18.7 Å². The van der Waals surface area contributed by atoms with Crippen LogP contribution < -0.4 is 0 Å². The van der Waals surface area contributed by atoms with Gasteiger partial charge >= 0.3 is 10.4 Å². The van der Waals surface area contributed by atoms with Gasteiger partial charge in [-0.05, 0) is 78.3 Å². The summed E-state index contributed by atoms with van der Waals surface area (Å²) in [6, 6.07) is 0. The molecule has 0 atom stereocenters. The number of rotatable bonds is 34. The predicted octanol–water partition coefficient (Wildman–Crippen LogP) is 11.7. The lowest BCUT2D eigenvalue weighted by atomic mass is 9.91. The minimum atomic E-state index is -4.67. The van der Waals surface area contributed by atoms with Crippen LogP contribution in [0.3, 0.4) is 0 Å². The van der Waals surface area contributed by atoms with Crippen LogP contribution in [0.4, 0.5) is 0 Å². The highest BCUT2D eigenvalue weighted by Gasteiger charge is 2.25. The topological polar surface area (TPSA) is 112 Å². The van der Waals surface area contributed by atoms with Crippen LogP contribution in [-0.2, 0) is 20.0 Å². The summed E-state index contributed by atoms with van der Waals surface area (Å²) < 4.78 is 31.6. The highest BCUT2D eigenvalue weighted by atomic mass is 32.3. The highest BCUT2D eigenvalue weighted by Crippen LogP contribution is 2.16. The fourth-order valence-electron chi connectivity index (χ4n) is 5.84. The molecule has 0 aromatic rings. The van der Waals surface area contributed by atoms with Crippen LogP contribution in [0.5, 0.6) is 0 Å². The molecule has 0 saturated heterocycles. The maximum atomic E-state index is 13.0. The molecule has 0 unspecified atom stereocenters. The highest BCUT2D eigenvalue weighted by molar-refractivity contribution is 7.79. The van der Waals surface area contributed by atoms with Crippen molar-refractivity contribution in [3.05, 3.63) is 24.3 Å². The quantitative estimate of drug-likeness (QED) is 0.0297. The number of carbonyl (C=O) groups excluding carboxylic acids is 2. The lowest BCUT2D eigenvalue weighted by Gasteiger charge is -2.19. The zero-order chi connectivity index (χ0) is 36.1. The molecule has 0 heterocycles. The Morgan fingerprint density at radius 3 is 1.02 bits per heavy atom. The lowest BCUT2D eigenvalue weighted by Crippen LogP contribution is -2.34. The zero-order valence-electron chi connectivity index (χ0n) is 31.8. The maximum Gasteiger partial charge on any atom is 0.394 e. The number of Topliss-reactive ketones (excluding diaryl/α,β-unsaturated/α-hetero) is 2. The van der Waals surface area contributed by atoms with E-state index in [0.717, 1.165) is 25.7 Å². The summed E-state index contributed by atoms with van der Waals surface area (Å²) >= 11 is 0. The molecule has 0 amide bonds. The number of unbranched alkanes of at least 4 members (excludes halogenated alkanes) is 22. The van der Waals surface area contributed by atoms with Crippen LogP contribution in [-0.4, -0.2) is 54.6 Å². The van der Waals surface area contributed by atoms with Gasteiger partial charge in [-0.15, -0.1) is 0 Å². The molecule has 0 fully saturated rings. The van der Waals surface area contributed by atoms with Crippen LogP contribution >= 0.6 is 0 Å². The Bertz CT molecular complexity index is 824. The van der Waals surface area contributed by atoms with E-state index in [1.54, 1.807) is 0 Å². The van der Waals surface area contributed by atoms with Crippen LogP contribution in [0.2, 0.25) is 0 Å². The van der Waals surface area contributed by atoms with Gasteiger partial charge in [-0.1, -0.05) is 141 Å². The molecule has 0 rings (SSSR count). The maximum absolute atomic E-state index is 13.0. The molecule has 284 valence electrons. The first kappa shape index (κ1) is 48.8. The second-order valence-electron chi connectivity index (χ2n) is 13.9. The second kappa shape index (κ2) is 36.9. The molecule has 0 saturated carbocycles. The molecule has 8 heteroatoms. The van der Waals surface area contributed by atoms with Crippen molar-refractivity contribution in [1.29, 1.82) is 0 Å². The van der Waals surface area contributed by atoms with Gasteiger partial charge in [0.05, 0.1) is 5.92 Å². The van der Waals surface area contributed by atoms with E-state index in [1.165, 1.54) is 141 Å². The third-order valence-electron chi connectivity index (χ3n) is 8.69. The predicted molar refractivity (Wildman–Crippen MR) is 205 cm³/mol. The van der Waals surface area contributed by atoms with E-state index < -0.39 is 16.3 Å². The number of carbonyl (C=O) groups is 2. The summed E-state index contributed by atoms with van der Waals surface area (Å²) in [6.45, 7) is 5.11. The third-order valence-corrected chi connectivity index (χ3v) is 8.69. The van der Waals surface area contributed by atoms with E-state index in [4.69, 9.17) is 17.5 Å². The van der Waals surface area contributed by atoms with Crippen molar-refractivity contribution in [2.45, 2.75) is 194 Å². The summed E-state index contributed by atoms with van der Waals surface area (Å²) in [4.78, 5) is 27.9. The summed E-state index contributed by atoms with van der Waals surface area (Å²) in [5.74, 6) is -0.0864. The molecule has 0 aromatic heterocycles. The van der Waals surface area contributed by atoms with Gasteiger partial charge < -0.3 is 4.90 Å². The van der Waals surface area contributed by atoms with E-state index in [9.17, 15) is 9.59 Å². The van der Waals surface area contributed by atoms with Crippen molar-refractivity contribution in [1.82, 2.24) is 4.90 Å². The summed E-state index contributed by atoms with van der Waals surface area (Å²) in [5.41, 5.74) is 0. The van der Waals surface area contributed by atoms with Gasteiger partial charge in [-0.2, -0.15) is 8.42 Å². The Hall–Kier alpha value is -1.35. The van der Waals surface area contributed by atoms with Crippen molar-refractivity contribution in [2.75, 3.05) is 20.6 Å². The Labute approximate surface area is 297 Å². The molecule has 48 heavy (non-hydrogen) atoms. The summed E-state index contributed by atoms with van der Waals surface area (Å²) in [7, 11) is -0.727. The van der Waals surface area contributed by atoms with Crippen molar-refractivity contribution in [2.24, 2.45) is 5.92 Å².